The van der Waals surface area contributed by atoms with Crippen molar-refractivity contribution >= 4 is 11.8 Å². The normalized spacial score (nSPS) is 17.3. The molecule has 1 aromatic heterocycles. The zero-order valence-corrected chi connectivity index (χ0v) is 19.9. The molecule has 0 radical (unpaired) electrons. The summed E-state index contributed by atoms with van der Waals surface area (Å²) in [4.78, 5) is 29.6. The molecule has 5 rings (SSSR count). The van der Waals surface area contributed by atoms with E-state index in [0.29, 0.717) is 44.6 Å². The third kappa shape index (κ3) is 4.11. The van der Waals surface area contributed by atoms with Gasteiger partial charge in [0.25, 0.3) is 11.8 Å². The molecule has 2 aliphatic heterocycles. The molecular formula is C27H28F2N4O2. The van der Waals surface area contributed by atoms with E-state index in [1.165, 1.54) is 17.9 Å². The minimum atomic E-state index is -0.831. The van der Waals surface area contributed by atoms with E-state index in [4.69, 9.17) is 0 Å². The van der Waals surface area contributed by atoms with E-state index in [9.17, 15) is 18.4 Å². The number of benzene rings is 2. The first-order valence-corrected chi connectivity index (χ1v) is 11.9. The van der Waals surface area contributed by atoms with Crippen LogP contribution in [0.3, 0.4) is 0 Å². The quantitative estimate of drug-likeness (QED) is 0.556. The lowest BCUT2D eigenvalue weighted by Crippen LogP contribution is -2.45. The van der Waals surface area contributed by atoms with Crippen molar-refractivity contribution in [3.05, 3.63) is 82.7 Å². The average molecular weight is 479 g/mol. The number of amides is 2. The summed E-state index contributed by atoms with van der Waals surface area (Å²) >= 11 is 0. The number of halogens is 2. The van der Waals surface area contributed by atoms with Gasteiger partial charge in [-0.15, -0.1) is 0 Å². The van der Waals surface area contributed by atoms with Gasteiger partial charge in [0.15, 0.2) is 0 Å². The third-order valence-electron chi connectivity index (χ3n) is 7.58. The zero-order valence-electron chi connectivity index (χ0n) is 19.9. The molecule has 8 heteroatoms. The molecule has 0 unspecified atom stereocenters. The summed E-state index contributed by atoms with van der Waals surface area (Å²) in [6, 6.07) is 12.2. The van der Waals surface area contributed by atoms with Crippen LogP contribution in [0.25, 0.3) is 5.69 Å². The van der Waals surface area contributed by atoms with Crippen molar-refractivity contribution < 1.29 is 18.4 Å². The Morgan fingerprint density at radius 3 is 2.23 bits per heavy atom. The fourth-order valence-corrected chi connectivity index (χ4v) is 5.33. The summed E-state index contributed by atoms with van der Waals surface area (Å²) in [6.07, 6.45) is 3.86. The molecule has 1 spiro atoms. The molecule has 35 heavy (non-hydrogen) atoms. The van der Waals surface area contributed by atoms with Crippen molar-refractivity contribution in [3.8, 4) is 5.69 Å². The van der Waals surface area contributed by atoms with Crippen molar-refractivity contribution in [2.75, 3.05) is 26.2 Å². The number of hydrogen-bond donors (Lipinski definition) is 0. The van der Waals surface area contributed by atoms with Crippen LogP contribution in [0.2, 0.25) is 0 Å². The highest BCUT2D eigenvalue weighted by molar-refractivity contribution is 5.96. The van der Waals surface area contributed by atoms with Crippen LogP contribution in [0.15, 0.2) is 48.7 Å². The first-order chi connectivity index (χ1) is 16.8. The predicted molar refractivity (Wildman–Crippen MR) is 127 cm³/mol. The van der Waals surface area contributed by atoms with Crippen LogP contribution in [0.5, 0.6) is 0 Å². The monoisotopic (exact) mass is 478 g/mol. The van der Waals surface area contributed by atoms with Crippen LogP contribution in [0.1, 0.15) is 51.2 Å². The summed E-state index contributed by atoms with van der Waals surface area (Å²) < 4.78 is 30.5. The summed E-state index contributed by atoms with van der Waals surface area (Å²) in [5, 5.41) is 4.42. The van der Waals surface area contributed by atoms with Crippen LogP contribution in [-0.2, 0) is 0 Å². The number of aromatic nitrogens is 2. The zero-order chi connectivity index (χ0) is 24.7. The number of aryl methyl sites for hydroxylation is 1. The van der Waals surface area contributed by atoms with Crippen LogP contribution in [-0.4, -0.2) is 57.6 Å². The Bertz CT molecular complexity index is 1280. The molecule has 0 N–H and O–H groups in total. The van der Waals surface area contributed by atoms with E-state index in [1.54, 1.807) is 10.9 Å². The molecule has 3 aromatic rings. The molecule has 182 valence electrons. The number of carbonyl (C=O) groups excluding carboxylic acids is 2. The molecule has 2 fully saturated rings. The lowest BCUT2D eigenvalue weighted by Gasteiger charge is -2.39. The van der Waals surface area contributed by atoms with Crippen molar-refractivity contribution in [1.82, 2.24) is 19.6 Å². The van der Waals surface area contributed by atoms with Gasteiger partial charge in [0.05, 0.1) is 23.1 Å². The second-order valence-corrected chi connectivity index (χ2v) is 9.71. The maximum Gasteiger partial charge on any atom is 0.259 e. The van der Waals surface area contributed by atoms with E-state index >= 15 is 0 Å². The van der Waals surface area contributed by atoms with Gasteiger partial charge in [-0.3, -0.25) is 9.59 Å². The first-order valence-electron chi connectivity index (χ1n) is 11.9. The molecule has 6 nitrogen and oxygen atoms in total. The Hall–Kier alpha value is -3.55. The standard InChI is InChI=1S/C27H28F2N4O2/c1-18-8-9-22(28)23(24(18)29)26(35)31-13-10-27(11-14-31)12-15-32(17-27)25(34)21-16-30-33(19(21)2)20-6-4-3-5-7-20/h3-9,16H,10-15,17H2,1-2H3. The summed E-state index contributed by atoms with van der Waals surface area (Å²) in [5.74, 6) is -2.26. The Balaban J connectivity index is 1.25. The van der Waals surface area contributed by atoms with E-state index in [1.807, 2.05) is 42.2 Å². The number of hydrogen-bond acceptors (Lipinski definition) is 3. The van der Waals surface area contributed by atoms with Gasteiger partial charge in [0.2, 0.25) is 0 Å². The van der Waals surface area contributed by atoms with Gasteiger partial charge in [0.1, 0.15) is 17.2 Å². The Morgan fingerprint density at radius 2 is 1.54 bits per heavy atom. The molecule has 3 heterocycles. The molecule has 2 saturated heterocycles. The predicted octanol–water partition coefficient (Wildman–Crippen LogP) is 4.54. The molecule has 0 saturated carbocycles. The highest BCUT2D eigenvalue weighted by Crippen LogP contribution is 2.41. The van der Waals surface area contributed by atoms with Crippen molar-refractivity contribution in [1.29, 1.82) is 0 Å². The topological polar surface area (TPSA) is 58.4 Å². The second kappa shape index (κ2) is 8.91. The lowest BCUT2D eigenvalue weighted by molar-refractivity contribution is 0.0557. The van der Waals surface area contributed by atoms with Gasteiger partial charge in [-0.2, -0.15) is 5.10 Å². The van der Waals surface area contributed by atoms with E-state index in [-0.39, 0.29) is 16.9 Å². The average Bonchev–Trinajstić information content (AvgIpc) is 3.46. The number of likely N-dealkylation sites (tertiary alicyclic amines) is 2. The molecule has 2 aliphatic rings. The van der Waals surface area contributed by atoms with Gasteiger partial charge >= 0.3 is 0 Å². The molecule has 2 aromatic carbocycles. The van der Waals surface area contributed by atoms with Crippen LogP contribution >= 0.6 is 0 Å². The minimum absolute atomic E-state index is 0.0380. The number of para-hydroxylation sites is 1. The summed E-state index contributed by atoms with van der Waals surface area (Å²) in [7, 11) is 0. The SMILES string of the molecule is Cc1ccc(F)c(C(=O)N2CCC3(CCN(C(=O)c4cnn(-c5ccccc5)c4C)C3)CC2)c1F. The highest BCUT2D eigenvalue weighted by Gasteiger charge is 2.43. The van der Waals surface area contributed by atoms with Gasteiger partial charge < -0.3 is 9.80 Å². The number of nitrogens with zero attached hydrogens (tertiary/aromatic N) is 4. The van der Waals surface area contributed by atoms with Crippen molar-refractivity contribution in [2.45, 2.75) is 33.1 Å². The minimum Gasteiger partial charge on any atom is -0.338 e. The van der Waals surface area contributed by atoms with Crippen LogP contribution in [0, 0.1) is 30.9 Å². The number of piperidine rings is 1. The van der Waals surface area contributed by atoms with Crippen LogP contribution < -0.4 is 0 Å². The van der Waals surface area contributed by atoms with Crippen LogP contribution in [0.4, 0.5) is 8.78 Å². The third-order valence-corrected chi connectivity index (χ3v) is 7.58. The number of rotatable bonds is 3. The molecule has 2 amide bonds. The smallest absolute Gasteiger partial charge is 0.259 e. The molecule has 0 bridgehead atoms. The van der Waals surface area contributed by atoms with Gasteiger partial charge in [-0.1, -0.05) is 24.3 Å². The van der Waals surface area contributed by atoms with Gasteiger partial charge in [0, 0.05) is 26.2 Å². The lowest BCUT2D eigenvalue weighted by atomic mass is 9.77. The highest BCUT2D eigenvalue weighted by atomic mass is 19.1. The van der Waals surface area contributed by atoms with Gasteiger partial charge in [-0.25, -0.2) is 13.5 Å². The Kier molecular flexibility index (Phi) is 5.91. The summed E-state index contributed by atoms with van der Waals surface area (Å²) in [5.41, 5.74) is 1.97. The first kappa shape index (κ1) is 23.2. The Morgan fingerprint density at radius 1 is 0.886 bits per heavy atom. The summed E-state index contributed by atoms with van der Waals surface area (Å²) in [6.45, 7) is 5.50. The Labute approximate surface area is 203 Å². The molecule has 0 atom stereocenters. The second-order valence-electron chi connectivity index (χ2n) is 9.71. The fourth-order valence-electron chi connectivity index (χ4n) is 5.33. The molecule has 0 aliphatic carbocycles. The van der Waals surface area contributed by atoms with Gasteiger partial charge in [-0.05, 0) is 62.3 Å². The van der Waals surface area contributed by atoms with E-state index in [2.05, 4.69) is 5.10 Å². The van der Waals surface area contributed by atoms with E-state index in [0.717, 1.165) is 23.9 Å². The van der Waals surface area contributed by atoms with E-state index < -0.39 is 23.1 Å². The van der Waals surface area contributed by atoms with Crippen molar-refractivity contribution in [3.63, 3.8) is 0 Å². The maximum atomic E-state index is 14.5. The fraction of sp³-hybridized carbons (Fsp3) is 0.370. The largest absolute Gasteiger partial charge is 0.338 e. The molecular weight excluding hydrogens is 450 g/mol. The maximum absolute atomic E-state index is 14.5. The number of carbonyl (C=O) groups is 2. The van der Waals surface area contributed by atoms with Crippen molar-refractivity contribution in [2.24, 2.45) is 5.41 Å².